The predicted octanol–water partition coefficient (Wildman–Crippen LogP) is 4.09. The highest BCUT2D eigenvalue weighted by molar-refractivity contribution is 9.10. The van der Waals surface area contributed by atoms with Gasteiger partial charge in [0.1, 0.15) is 0 Å². The molecular formula is C13H19BrF3NO2S2. The largest absolute Gasteiger partial charge is 0.414 e. The SMILES string of the molecule is CC(C)(C)[S@@](=O)N[C@@](C)(C[C@H](O)C(F)(F)F)c1cc(Br)cs1. The number of rotatable bonds is 5. The molecule has 0 unspecified atom stereocenters. The molecule has 0 amide bonds. The number of hydrogen-bond acceptors (Lipinski definition) is 3. The zero-order valence-electron chi connectivity index (χ0n) is 12.6. The minimum atomic E-state index is -4.72. The maximum atomic E-state index is 12.7. The zero-order valence-corrected chi connectivity index (χ0v) is 15.8. The van der Waals surface area contributed by atoms with Crippen LogP contribution in [-0.4, -0.2) is 26.3 Å². The first-order valence-corrected chi connectivity index (χ1v) is 9.27. The molecule has 1 heterocycles. The molecule has 0 aromatic carbocycles. The Morgan fingerprint density at radius 1 is 1.36 bits per heavy atom. The number of halogens is 4. The first kappa shape index (κ1) is 20.1. The first-order chi connectivity index (χ1) is 9.75. The van der Waals surface area contributed by atoms with Crippen LogP contribution in [0.5, 0.6) is 0 Å². The molecule has 1 aromatic rings. The molecule has 0 aliphatic rings. The molecule has 0 fully saturated rings. The Kier molecular flexibility index (Phi) is 6.28. The van der Waals surface area contributed by atoms with Crippen LogP contribution in [0.2, 0.25) is 0 Å². The van der Waals surface area contributed by atoms with E-state index in [0.717, 1.165) is 4.47 Å². The van der Waals surface area contributed by atoms with Crippen molar-refractivity contribution in [2.24, 2.45) is 0 Å². The van der Waals surface area contributed by atoms with Crippen molar-refractivity contribution in [3.8, 4) is 0 Å². The van der Waals surface area contributed by atoms with Crippen molar-refractivity contribution in [2.75, 3.05) is 0 Å². The van der Waals surface area contributed by atoms with Crippen molar-refractivity contribution in [2.45, 2.75) is 56.7 Å². The fourth-order valence-corrected chi connectivity index (χ4v) is 4.19. The van der Waals surface area contributed by atoms with Gasteiger partial charge in [-0.2, -0.15) is 13.2 Å². The van der Waals surface area contributed by atoms with Gasteiger partial charge < -0.3 is 5.11 Å². The molecule has 1 aromatic heterocycles. The van der Waals surface area contributed by atoms with E-state index >= 15 is 0 Å². The summed E-state index contributed by atoms with van der Waals surface area (Å²) in [5.74, 6) is 0. The monoisotopic (exact) mass is 421 g/mol. The van der Waals surface area contributed by atoms with E-state index in [9.17, 15) is 22.5 Å². The minimum absolute atomic E-state index is 0.570. The van der Waals surface area contributed by atoms with Crippen LogP contribution in [0.3, 0.4) is 0 Å². The number of alkyl halides is 3. The Hall–Kier alpha value is 0.0400. The van der Waals surface area contributed by atoms with E-state index in [1.807, 2.05) is 0 Å². The average molecular weight is 422 g/mol. The van der Waals surface area contributed by atoms with E-state index in [0.29, 0.717) is 4.88 Å². The third-order valence-corrected chi connectivity index (χ3v) is 6.67. The minimum Gasteiger partial charge on any atom is -0.384 e. The van der Waals surface area contributed by atoms with Crippen LogP contribution >= 0.6 is 27.3 Å². The quantitative estimate of drug-likeness (QED) is 0.751. The summed E-state index contributed by atoms with van der Waals surface area (Å²) in [6, 6.07) is 1.67. The van der Waals surface area contributed by atoms with Crippen molar-refractivity contribution >= 4 is 38.3 Å². The van der Waals surface area contributed by atoms with Crippen LogP contribution in [0.15, 0.2) is 15.9 Å². The lowest BCUT2D eigenvalue weighted by Gasteiger charge is -2.34. The summed E-state index contributed by atoms with van der Waals surface area (Å²) in [4.78, 5) is 0.570. The van der Waals surface area contributed by atoms with Crippen LogP contribution in [0.4, 0.5) is 13.2 Å². The van der Waals surface area contributed by atoms with Gasteiger partial charge in [0.2, 0.25) is 0 Å². The highest BCUT2D eigenvalue weighted by atomic mass is 79.9. The smallest absolute Gasteiger partial charge is 0.384 e. The number of nitrogens with one attached hydrogen (secondary N) is 1. The molecule has 3 nitrogen and oxygen atoms in total. The molecule has 2 N–H and O–H groups in total. The highest BCUT2D eigenvalue weighted by Gasteiger charge is 2.45. The van der Waals surface area contributed by atoms with Crippen LogP contribution in [0.1, 0.15) is 39.0 Å². The first-order valence-electron chi connectivity index (χ1n) is 6.45. The standard InChI is InChI=1S/C13H19BrF3NO2S2/c1-11(2,3)22(20)18-12(4,6-9(19)13(15,16)17)10-5-8(14)7-21-10/h5,7,9,18-19H,6H2,1-4H3/t9-,12-,22+/m0/s1. The Balaban J connectivity index is 3.13. The maximum absolute atomic E-state index is 12.7. The van der Waals surface area contributed by atoms with Crippen molar-refractivity contribution in [1.29, 1.82) is 0 Å². The lowest BCUT2D eigenvalue weighted by atomic mass is 9.93. The van der Waals surface area contributed by atoms with E-state index in [1.165, 1.54) is 18.3 Å². The number of thiophene rings is 1. The summed E-state index contributed by atoms with van der Waals surface area (Å²) in [7, 11) is -1.58. The second-order valence-corrected chi connectivity index (χ2v) is 10.00. The van der Waals surface area contributed by atoms with Gasteiger partial charge in [0.05, 0.1) is 21.3 Å². The van der Waals surface area contributed by atoms with E-state index in [4.69, 9.17) is 0 Å². The van der Waals surface area contributed by atoms with Gasteiger partial charge in [0, 0.05) is 21.2 Å². The summed E-state index contributed by atoms with van der Waals surface area (Å²) >= 11 is 4.50. The molecule has 0 spiro atoms. The number of hydrogen-bond donors (Lipinski definition) is 2. The van der Waals surface area contributed by atoms with Crippen LogP contribution in [0, 0.1) is 0 Å². The molecule has 0 saturated carbocycles. The molecule has 9 heteroatoms. The third kappa shape index (κ3) is 5.30. The molecule has 3 atom stereocenters. The molecule has 0 radical (unpaired) electrons. The number of aliphatic hydroxyl groups excluding tert-OH is 1. The summed E-state index contributed by atoms with van der Waals surface area (Å²) in [5, 5.41) is 11.2. The molecule has 1 rings (SSSR count). The van der Waals surface area contributed by atoms with E-state index in [2.05, 4.69) is 20.7 Å². The van der Waals surface area contributed by atoms with Gasteiger partial charge in [-0.25, -0.2) is 8.93 Å². The highest BCUT2D eigenvalue weighted by Crippen LogP contribution is 2.37. The third-order valence-electron chi connectivity index (χ3n) is 2.96. The van der Waals surface area contributed by atoms with Gasteiger partial charge in [-0.15, -0.1) is 11.3 Å². The summed E-state index contributed by atoms with van der Waals surface area (Å²) < 4.78 is 53.3. The zero-order chi connectivity index (χ0) is 17.3. The van der Waals surface area contributed by atoms with E-state index in [1.54, 1.807) is 32.2 Å². The van der Waals surface area contributed by atoms with Gasteiger partial charge in [-0.05, 0) is 49.7 Å². The maximum Gasteiger partial charge on any atom is 0.414 e. The van der Waals surface area contributed by atoms with Crippen LogP contribution in [0.25, 0.3) is 0 Å². The fraction of sp³-hybridized carbons (Fsp3) is 0.692. The second-order valence-electron chi connectivity index (χ2n) is 6.21. The molecular weight excluding hydrogens is 403 g/mol. The van der Waals surface area contributed by atoms with Crippen molar-refractivity contribution in [1.82, 2.24) is 4.72 Å². The van der Waals surface area contributed by atoms with Crippen molar-refractivity contribution < 1.29 is 22.5 Å². The Morgan fingerprint density at radius 3 is 2.27 bits per heavy atom. The molecule has 0 saturated heterocycles. The molecule has 0 bridgehead atoms. The normalized spacial score (nSPS) is 18.8. The van der Waals surface area contributed by atoms with Crippen molar-refractivity contribution in [3.63, 3.8) is 0 Å². The van der Waals surface area contributed by atoms with Gasteiger partial charge in [0.15, 0.2) is 6.10 Å². The van der Waals surface area contributed by atoms with Crippen LogP contribution < -0.4 is 4.72 Å². The lowest BCUT2D eigenvalue weighted by Crippen LogP contribution is -2.49. The van der Waals surface area contributed by atoms with Crippen molar-refractivity contribution in [3.05, 3.63) is 20.8 Å². The van der Waals surface area contributed by atoms with Gasteiger partial charge in [0.25, 0.3) is 0 Å². The van der Waals surface area contributed by atoms with Gasteiger partial charge in [-0.3, -0.25) is 0 Å². The lowest BCUT2D eigenvalue weighted by molar-refractivity contribution is -0.209. The van der Waals surface area contributed by atoms with Crippen LogP contribution in [-0.2, 0) is 16.5 Å². The Labute approximate surface area is 143 Å². The molecule has 22 heavy (non-hydrogen) atoms. The Bertz CT molecular complexity index is 542. The van der Waals surface area contributed by atoms with Gasteiger partial charge in [-0.1, -0.05) is 0 Å². The van der Waals surface area contributed by atoms with E-state index < -0.39 is 40.0 Å². The molecule has 0 aliphatic carbocycles. The topological polar surface area (TPSA) is 49.3 Å². The predicted molar refractivity (Wildman–Crippen MR) is 87.1 cm³/mol. The fourth-order valence-electron chi connectivity index (χ4n) is 1.66. The summed E-state index contributed by atoms with van der Waals surface area (Å²) in [5.41, 5.74) is -1.26. The second kappa shape index (κ2) is 6.88. The van der Waals surface area contributed by atoms with Gasteiger partial charge >= 0.3 is 6.18 Å². The Morgan fingerprint density at radius 2 is 1.91 bits per heavy atom. The molecule has 128 valence electrons. The summed E-state index contributed by atoms with van der Waals surface area (Å²) in [6.07, 6.45) is -7.84. The number of aliphatic hydroxyl groups is 1. The van der Waals surface area contributed by atoms with E-state index in [-0.39, 0.29) is 0 Å². The average Bonchev–Trinajstić information content (AvgIpc) is 2.73. The summed E-state index contributed by atoms with van der Waals surface area (Å²) in [6.45, 7) is 6.69. The molecule has 0 aliphatic heterocycles.